The molecule has 14 N–H and O–H groups in total. The van der Waals surface area contributed by atoms with E-state index >= 15 is 0 Å². The Bertz CT molecular complexity index is 414. The Labute approximate surface area is 182 Å². The zero-order chi connectivity index (χ0) is 26.0. The molecule has 0 spiro atoms. The lowest BCUT2D eigenvalue weighted by Gasteiger charge is -2.24. The number of carbonyl (C=O) groups excluding carboxylic acids is 2. The van der Waals surface area contributed by atoms with Crippen LogP contribution < -0.4 is 0 Å². The van der Waals surface area contributed by atoms with Gasteiger partial charge in [0.1, 0.15) is 61.0 Å². The Morgan fingerprint density at radius 3 is 0.750 bits per heavy atom. The lowest BCUT2D eigenvalue weighted by atomic mass is 10.0. The second-order valence-corrected chi connectivity index (χ2v) is 6.22. The molecule has 0 fully saturated rings. The lowest BCUT2D eigenvalue weighted by Crippen LogP contribution is -2.46. The molecule has 0 bridgehead atoms. The van der Waals surface area contributed by atoms with Gasteiger partial charge < -0.3 is 81.1 Å². The van der Waals surface area contributed by atoms with Gasteiger partial charge >= 0.3 is 0 Å². The molecule has 0 aromatic heterocycles. The summed E-state index contributed by atoms with van der Waals surface area (Å²) < 4.78 is 0. The van der Waals surface area contributed by atoms with Crippen molar-refractivity contribution in [1.82, 2.24) is 0 Å². The summed E-state index contributed by atoms with van der Waals surface area (Å²) in [5, 5.41) is 120. The van der Waals surface area contributed by atoms with Crippen LogP contribution in [0.5, 0.6) is 0 Å². The lowest BCUT2D eigenvalue weighted by molar-refractivity contribution is -0.128. The molecule has 10 atom stereocenters. The van der Waals surface area contributed by atoms with Gasteiger partial charge in [0.25, 0.3) is 0 Å². The first kappa shape index (κ1) is 35.4. The predicted molar refractivity (Wildman–Crippen MR) is 101 cm³/mol. The first-order valence-corrected chi connectivity index (χ1v) is 8.95. The monoisotopic (exact) mass is 482 g/mol. The molecule has 0 heterocycles. The molecule has 0 saturated carbocycles. The summed E-state index contributed by atoms with van der Waals surface area (Å²) in [4.78, 5) is 19.5. The molecule has 0 amide bonds. The molecule has 0 unspecified atom stereocenters. The minimum Gasteiger partial charge on any atom is -0.394 e. The van der Waals surface area contributed by atoms with E-state index < -0.39 is 87.5 Å². The van der Waals surface area contributed by atoms with Gasteiger partial charge in [-0.15, -0.1) is 0 Å². The molecular weight excluding hydrogens is 448 g/mol. The van der Waals surface area contributed by atoms with E-state index in [2.05, 4.69) is 0 Å². The summed E-state index contributed by atoms with van der Waals surface area (Å²) in [6.45, 7) is -2.83. The van der Waals surface area contributed by atoms with E-state index in [0.29, 0.717) is 0 Å². The van der Waals surface area contributed by atoms with Crippen molar-refractivity contribution < 1.29 is 81.1 Å². The quantitative estimate of drug-likeness (QED) is 0.108. The van der Waals surface area contributed by atoms with Gasteiger partial charge in [0.05, 0.1) is 26.4 Å². The van der Waals surface area contributed by atoms with Crippen molar-refractivity contribution in [2.75, 3.05) is 26.4 Å². The van der Waals surface area contributed by atoms with Gasteiger partial charge in [-0.25, -0.2) is 0 Å². The SMILES string of the molecule is O=C[C@@H](O)[C@H](O)[C@H](O)CO.O=C[C@H](O)[C@@H](O)[C@H](O)CO.OC[C@@H](O)[C@@H](O)[C@H](O)[C@H](O)CO. The van der Waals surface area contributed by atoms with Crippen molar-refractivity contribution in [3.05, 3.63) is 0 Å². The molecule has 0 aromatic rings. The maximum atomic E-state index is 9.76. The molecular formula is C16H34O16. The minimum atomic E-state index is -1.67. The Hall–Kier alpha value is -1.22. The largest absolute Gasteiger partial charge is 0.394 e. The maximum absolute atomic E-state index is 9.76. The number of aliphatic hydroxyl groups excluding tert-OH is 14. The van der Waals surface area contributed by atoms with E-state index in [0.717, 1.165) is 0 Å². The van der Waals surface area contributed by atoms with Gasteiger partial charge in [0.2, 0.25) is 0 Å². The topological polar surface area (TPSA) is 317 Å². The van der Waals surface area contributed by atoms with Gasteiger partial charge in [-0.3, -0.25) is 0 Å². The third kappa shape index (κ3) is 14.8. The molecule has 0 aliphatic carbocycles. The average Bonchev–Trinajstić information content (AvgIpc) is 2.84. The summed E-state index contributed by atoms with van der Waals surface area (Å²) in [5.41, 5.74) is 0. The Balaban J connectivity index is -0.000000397. The number of hydrogen-bond acceptors (Lipinski definition) is 16. The van der Waals surface area contributed by atoms with E-state index in [4.69, 9.17) is 71.5 Å². The zero-order valence-corrected chi connectivity index (χ0v) is 16.8. The van der Waals surface area contributed by atoms with Crippen LogP contribution in [0.1, 0.15) is 0 Å². The van der Waals surface area contributed by atoms with Crippen LogP contribution in [0.4, 0.5) is 0 Å². The van der Waals surface area contributed by atoms with Crippen LogP contribution in [0, 0.1) is 0 Å². The molecule has 0 radical (unpaired) electrons. The van der Waals surface area contributed by atoms with Crippen LogP contribution in [0.25, 0.3) is 0 Å². The molecule has 0 aromatic carbocycles. The van der Waals surface area contributed by atoms with Gasteiger partial charge in [-0.05, 0) is 0 Å². The second-order valence-electron chi connectivity index (χ2n) is 6.22. The van der Waals surface area contributed by atoms with Crippen LogP contribution in [-0.4, -0.2) is 172 Å². The number of carbonyl (C=O) groups is 2. The highest BCUT2D eigenvalue weighted by molar-refractivity contribution is 5.57. The fraction of sp³-hybridized carbons (Fsp3) is 0.875. The van der Waals surface area contributed by atoms with Crippen molar-refractivity contribution in [2.45, 2.75) is 61.0 Å². The average molecular weight is 482 g/mol. The fourth-order valence-corrected chi connectivity index (χ4v) is 1.50. The Kier molecular flexibility index (Phi) is 22.5. The van der Waals surface area contributed by atoms with E-state index in [1.165, 1.54) is 0 Å². The van der Waals surface area contributed by atoms with E-state index in [-0.39, 0.29) is 12.6 Å². The van der Waals surface area contributed by atoms with Crippen molar-refractivity contribution in [2.24, 2.45) is 0 Å². The highest BCUT2D eigenvalue weighted by Gasteiger charge is 2.29. The second kappa shape index (κ2) is 20.4. The van der Waals surface area contributed by atoms with Crippen LogP contribution in [0.3, 0.4) is 0 Å². The molecule has 194 valence electrons. The standard InChI is InChI=1S/C6H14O6.2C5H10O5/c7-1-3(9)5(11)6(12)4(10)2-8;2*6-1-3(8)5(10)4(9)2-7/h3-12H,1-2H2;2*1,3-5,7-10H,2H2/t3-,4-,5-,6-;3-,4+,5+;3-,4-,5+/m101/s1. The molecule has 16 nitrogen and oxygen atoms in total. The summed E-state index contributed by atoms with van der Waals surface area (Å²) in [7, 11) is 0. The molecule has 0 aliphatic heterocycles. The number of rotatable bonds is 13. The molecule has 0 aliphatic rings. The van der Waals surface area contributed by atoms with Crippen LogP contribution in [-0.2, 0) is 9.59 Å². The highest BCUT2D eigenvalue weighted by Crippen LogP contribution is 2.04. The fourth-order valence-electron chi connectivity index (χ4n) is 1.50. The van der Waals surface area contributed by atoms with Gasteiger partial charge in [-0.2, -0.15) is 0 Å². The van der Waals surface area contributed by atoms with Gasteiger partial charge in [0.15, 0.2) is 12.6 Å². The van der Waals surface area contributed by atoms with Gasteiger partial charge in [0, 0.05) is 0 Å². The first-order valence-electron chi connectivity index (χ1n) is 8.95. The number of hydrogen-bond donors (Lipinski definition) is 14. The number of aldehydes is 2. The predicted octanol–water partition coefficient (Wildman–Crippen LogP) is -9.06. The van der Waals surface area contributed by atoms with Gasteiger partial charge in [-0.1, -0.05) is 0 Å². The summed E-state index contributed by atoms with van der Waals surface area (Å²) in [5.74, 6) is 0. The first-order chi connectivity index (χ1) is 14.8. The van der Waals surface area contributed by atoms with E-state index in [1.807, 2.05) is 0 Å². The zero-order valence-electron chi connectivity index (χ0n) is 16.8. The summed E-state index contributed by atoms with van der Waals surface area (Å²) >= 11 is 0. The minimum absolute atomic E-state index is 0.0869. The summed E-state index contributed by atoms with van der Waals surface area (Å²) in [6, 6.07) is 0. The molecule has 32 heavy (non-hydrogen) atoms. The third-order valence-electron chi connectivity index (χ3n) is 3.65. The maximum Gasteiger partial charge on any atom is 0.151 e. The number of aliphatic hydroxyl groups is 14. The van der Waals surface area contributed by atoms with Crippen molar-refractivity contribution in [3.63, 3.8) is 0 Å². The van der Waals surface area contributed by atoms with Crippen molar-refractivity contribution >= 4 is 12.6 Å². The molecule has 0 rings (SSSR count). The van der Waals surface area contributed by atoms with E-state index in [1.54, 1.807) is 0 Å². The summed E-state index contributed by atoms with van der Waals surface area (Å²) in [6.07, 6.45) is -15.7. The molecule has 0 saturated heterocycles. The smallest absolute Gasteiger partial charge is 0.151 e. The third-order valence-corrected chi connectivity index (χ3v) is 3.65. The van der Waals surface area contributed by atoms with E-state index in [9.17, 15) is 9.59 Å². The van der Waals surface area contributed by atoms with Crippen LogP contribution in [0.15, 0.2) is 0 Å². The van der Waals surface area contributed by atoms with Crippen molar-refractivity contribution in [1.29, 1.82) is 0 Å². The van der Waals surface area contributed by atoms with Crippen LogP contribution >= 0.6 is 0 Å². The van der Waals surface area contributed by atoms with Crippen LogP contribution in [0.2, 0.25) is 0 Å². The van der Waals surface area contributed by atoms with Crippen molar-refractivity contribution in [3.8, 4) is 0 Å². The molecule has 16 heteroatoms. The highest BCUT2D eigenvalue weighted by atomic mass is 16.4. The normalized spacial score (nSPS) is 20.3. The Morgan fingerprint density at radius 1 is 0.406 bits per heavy atom. The Morgan fingerprint density at radius 2 is 0.594 bits per heavy atom.